The fourth-order valence-electron chi connectivity index (χ4n) is 5.64. The number of benzene rings is 1. The molecule has 4 rings (SSSR count). The van der Waals surface area contributed by atoms with Crippen molar-refractivity contribution in [3.8, 4) is 5.75 Å². The third-order valence-electron chi connectivity index (χ3n) is 6.87. The molecular formula is C21H26O4. The minimum absolute atomic E-state index is 0.0777. The van der Waals surface area contributed by atoms with Crippen molar-refractivity contribution in [3.05, 3.63) is 29.3 Å². The van der Waals surface area contributed by atoms with Crippen molar-refractivity contribution in [1.82, 2.24) is 0 Å². The Bertz CT molecular complexity index is 710. The number of carbonyl (C=O) groups is 2. The normalized spacial score (nSPS) is 33.2. The average molecular weight is 342 g/mol. The van der Waals surface area contributed by atoms with Crippen molar-refractivity contribution in [3.63, 3.8) is 0 Å². The summed E-state index contributed by atoms with van der Waals surface area (Å²) in [7, 11) is 0. The summed E-state index contributed by atoms with van der Waals surface area (Å²) in [6.45, 7) is 4.28. The third kappa shape index (κ3) is 2.66. The SMILES string of the molecule is CCOC(=O)Oc1ccc2c(c1)CC[C@@H]1[C@@H]2CC[C@@]2(C)C(=O)CC[C@@H]12. The molecule has 4 atom stereocenters. The molecule has 0 saturated heterocycles. The Morgan fingerprint density at radius 1 is 1.24 bits per heavy atom. The Hall–Kier alpha value is -1.84. The van der Waals surface area contributed by atoms with Gasteiger partial charge in [-0.05, 0) is 80.0 Å². The molecule has 2 fully saturated rings. The number of hydrogen-bond donors (Lipinski definition) is 0. The molecule has 134 valence electrons. The molecule has 1 aromatic rings. The first-order chi connectivity index (χ1) is 12.0. The lowest BCUT2D eigenvalue weighted by Crippen LogP contribution is -2.42. The van der Waals surface area contributed by atoms with Crippen LogP contribution in [0.3, 0.4) is 0 Å². The lowest BCUT2D eigenvalue weighted by molar-refractivity contribution is -0.129. The molecule has 0 aromatic heterocycles. The van der Waals surface area contributed by atoms with Gasteiger partial charge in [0.05, 0.1) is 6.61 Å². The second-order valence-electron chi connectivity index (χ2n) is 7.98. The van der Waals surface area contributed by atoms with E-state index in [0.717, 1.165) is 38.5 Å². The van der Waals surface area contributed by atoms with Gasteiger partial charge in [-0.3, -0.25) is 4.79 Å². The van der Waals surface area contributed by atoms with E-state index in [1.54, 1.807) is 6.92 Å². The van der Waals surface area contributed by atoms with Crippen LogP contribution in [-0.2, 0) is 16.0 Å². The summed E-state index contributed by atoms with van der Waals surface area (Å²) in [6.07, 6.45) is 5.42. The second kappa shape index (κ2) is 6.15. The molecule has 0 unspecified atom stereocenters. The second-order valence-corrected chi connectivity index (χ2v) is 7.98. The van der Waals surface area contributed by atoms with E-state index in [2.05, 4.69) is 13.0 Å². The Morgan fingerprint density at radius 2 is 2.08 bits per heavy atom. The smallest absolute Gasteiger partial charge is 0.434 e. The lowest BCUT2D eigenvalue weighted by Gasteiger charge is -2.48. The fourth-order valence-corrected chi connectivity index (χ4v) is 5.64. The molecular weight excluding hydrogens is 316 g/mol. The van der Waals surface area contributed by atoms with Gasteiger partial charge in [0.1, 0.15) is 11.5 Å². The highest BCUT2D eigenvalue weighted by molar-refractivity contribution is 5.87. The van der Waals surface area contributed by atoms with Gasteiger partial charge in [0.25, 0.3) is 0 Å². The molecule has 0 N–H and O–H groups in total. The minimum Gasteiger partial charge on any atom is -0.434 e. The molecule has 0 spiro atoms. The summed E-state index contributed by atoms with van der Waals surface area (Å²) in [4.78, 5) is 23.9. The maximum absolute atomic E-state index is 12.4. The number of carbonyl (C=O) groups excluding carboxylic acids is 2. The predicted molar refractivity (Wildman–Crippen MR) is 93.7 cm³/mol. The van der Waals surface area contributed by atoms with Gasteiger partial charge in [0.2, 0.25) is 0 Å². The van der Waals surface area contributed by atoms with Crippen molar-refractivity contribution in [2.75, 3.05) is 6.61 Å². The highest BCUT2D eigenvalue weighted by Crippen LogP contribution is 2.59. The van der Waals surface area contributed by atoms with Crippen molar-refractivity contribution >= 4 is 11.9 Å². The standard InChI is InChI=1S/C21H26O4/c1-3-24-20(23)25-14-5-7-15-13(12-14)4-6-17-16(15)10-11-21(2)18(17)8-9-19(21)22/h5,7,12,16-18H,3-4,6,8-11H2,1-2H3/t16-,17-,18+,21-/m1/s1. The quantitative estimate of drug-likeness (QED) is 0.580. The molecule has 25 heavy (non-hydrogen) atoms. The molecule has 0 radical (unpaired) electrons. The number of fused-ring (bicyclic) bond motifs is 5. The van der Waals surface area contributed by atoms with Gasteiger partial charge < -0.3 is 9.47 Å². The summed E-state index contributed by atoms with van der Waals surface area (Å²) < 4.78 is 10.1. The zero-order valence-electron chi connectivity index (χ0n) is 15.0. The van der Waals surface area contributed by atoms with Gasteiger partial charge in [-0.2, -0.15) is 0 Å². The van der Waals surface area contributed by atoms with E-state index >= 15 is 0 Å². The highest BCUT2D eigenvalue weighted by atomic mass is 16.7. The van der Waals surface area contributed by atoms with Gasteiger partial charge in [-0.1, -0.05) is 13.0 Å². The summed E-state index contributed by atoms with van der Waals surface area (Å²) in [5.74, 6) is 2.76. The van der Waals surface area contributed by atoms with E-state index in [0.29, 0.717) is 35.9 Å². The summed E-state index contributed by atoms with van der Waals surface area (Å²) >= 11 is 0. The molecule has 4 nitrogen and oxygen atoms in total. The van der Waals surface area contributed by atoms with Gasteiger partial charge in [-0.25, -0.2) is 4.79 Å². The first-order valence-corrected chi connectivity index (χ1v) is 9.53. The zero-order chi connectivity index (χ0) is 17.6. The van der Waals surface area contributed by atoms with E-state index in [1.807, 2.05) is 12.1 Å². The molecule has 3 aliphatic carbocycles. The Labute approximate surface area is 148 Å². The topological polar surface area (TPSA) is 52.6 Å². The van der Waals surface area contributed by atoms with Gasteiger partial charge in [0, 0.05) is 11.8 Å². The first kappa shape index (κ1) is 16.6. The van der Waals surface area contributed by atoms with Crippen LogP contribution in [0.4, 0.5) is 4.79 Å². The van der Waals surface area contributed by atoms with Crippen LogP contribution in [0, 0.1) is 17.3 Å². The predicted octanol–water partition coefficient (Wildman–Crippen LogP) is 4.65. The number of rotatable bonds is 2. The van der Waals surface area contributed by atoms with E-state index in [4.69, 9.17) is 9.47 Å². The highest BCUT2D eigenvalue weighted by Gasteiger charge is 2.54. The van der Waals surface area contributed by atoms with E-state index < -0.39 is 6.16 Å². The fraction of sp³-hybridized carbons (Fsp3) is 0.619. The van der Waals surface area contributed by atoms with Crippen LogP contribution in [0.5, 0.6) is 5.75 Å². The summed E-state index contributed by atoms with van der Waals surface area (Å²) in [6, 6.07) is 6.00. The lowest BCUT2D eigenvalue weighted by atomic mass is 9.55. The molecule has 1 aromatic carbocycles. The summed E-state index contributed by atoms with van der Waals surface area (Å²) in [5, 5.41) is 0. The zero-order valence-corrected chi connectivity index (χ0v) is 15.0. The number of aryl methyl sites for hydroxylation is 1. The van der Waals surface area contributed by atoms with Gasteiger partial charge in [-0.15, -0.1) is 0 Å². The third-order valence-corrected chi connectivity index (χ3v) is 6.87. The Kier molecular flexibility index (Phi) is 4.09. The minimum atomic E-state index is -0.644. The molecule has 4 heteroatoms. The van der Waals surface area contributed by atoms with Crippen LogP contribution < -0.4 is 4.74 Å². The Morgan fingerprint density at radius 3 is 2.88 bits per heavy atom. The molecule has 0 aliphatic heterocycles. The number of hydrogen-bond acceptors (Lipinski definition) is 4. The first-order valence-electron chi connectivity index (χ1n) is 9.53. The van der Waals surface area contributed by atoms with Crippen LogP contribution >= 0.6 is 0 Å². The largest absolute Gasteiger partial charge is 0.513 e. The van der Waals surface area contributed by atoms with Crippen LogP contribution in [-0.4, -0.2) is 18.5 Å². The number of Topliss-reactive ketones (excluding diaryl/α,β-unsaturated/α-hetero) is 1. The Balaban J connectivity index is 1.57. The molecule has 3 aliphatic rings. The van der Waals surface area contributed by atoms with E-state index in [9.17, 15) is 9.59 Å². The van der Waals surface area contributed by atoms with Gasteiger partial charge >= 0.3 is 6.16 Å². The summed E-state index contributed by atoms with van der Waals surface area (Å²) in [5.41, 5.74) is 2.61. The van der Waals surface area contributed by atoms with Crippen LogP contribution in [0.25, 0.3) is 0 Å². The van der Waals surface area contributed by atoms with Crippen molar-refractivity contribution < 1.29 is 19.1 Å². The maximum atomic E-state index is 12.4. The van der Waals surface area contributed by atoms with Gasteiger partial charge in [0.15, 0.2) is 0 Å². The molecule has 0 heterocycles. The van der Waals surface area contributed by atoms with Crippen molar-refractivity contribution in [2.45, 2.75) is 58.3 Å². The number of ether oxygens (including phenoxy) is 2. The van der Waals surface area contributed by atoms with E-state index in [1.165, 1.54) is 11.1 Å². The molecule has 2 saturated carbocycles. The van der Waals surface area contributed by atoms with Crippen LogP contribution in [0.15, 0.2) is 18.2 Å². The van der Waals surface area contributed by atoms with Crippen molar-refractivity contribution in [1.29, 1.82) is 0 Å². The molecule has 0 bridgehead atoms. The van der Waals surface area contributed by atoms with E-state index in [-0.39, 0.29) is 5.41 Å². The van der Waals surface area contributed by atoms with Crippen molar-refractivity contribution in [2.24, 2.45) is 17.3 Å². The average Bonchev–Trinajstić information content (AvgIpc) is 2.90. The monoisotopic (exact) mass is 342 g/mol. The van der Waals surface area contributed by atoms with Crippen LogP contribution in [0.1, 0.15) is 63.0 Å². The maximum Gasteiger partial charge on any atom is 0.513 e. The number of ketones is 1. The van der Waals surface area contributed by atoms with Crippen LogP contribution in [0.2, 0.25) is 0 Å². The molecule has 0 amide bonds.